The standard InChI is InChI=1S/C14H19FN2O2.ClH/c1-19-11-3-4-12(15)13(8-11)17-14(18)5-2-10-6-7-16-9-10;/h3-4,8,10,16H,2,5-7,9H2,1H3,(H,17,18);1H. The second-order valence-electron chi connectivity index (χ2n) is 4.79. The van der Waals surface area contributed by atoms with Gasteiger partial charge in [-0.15, -0.1) is 12.4 Å². The molecule has 4 nitrogen and oxygen atoms in total. The number of amides is 1. The first-order valence-corrected chi connectivity index (χ1v) is 6.53. The van der Waals surface area contributed by atoms with Gasteiger partial charge in [-0.2, -0.15) is 0 Å². The van der Waals surface area contributed by atoms with Crippen LogP contribution in [0.25, 0.3) is 0 Å². The van der Waals surface area contributed by atoms with E-state index in [0.717, 1.165) is 25.9 Å². The third-order valence-electron chi connectivity index (χ3n) is 3.39. The third-order valence-corrected chi connectivity index (χ3v) is 3.39. The van der Waals surface area contributed by atoms with Gasteiger partial charge in [0.15, 0.2) is 0 Å². The minimum atomic E-state index is -0.448. The summed E-state index contributed by atoms with van der Waals surface area (Å²) in [7, 11) is 1.51. The SMILES string of the molecule is COc1ccc(F)c(NC(=O)CCC2CCNC2)c1.Cl. The Bertz CT molecular complexity index is 451. The Labute approximate surface area is 124 Å². The molecule has 0 saturated carbocycles. The lowest BCUT2D eigenvalue weighted by Crippen LogP contribution is -2.15. The first-order valence-electron chi connectivity index (χ1n) is 6.53. The number of carbonyl (C=O) groups excluding carboxylic acids is 1. The molecule has 0 aromatic heterocycles. The minimum Gasteiger partial charge on any atom is -0.497 e. The maximum atomic E-state index is 13.5. The van der Waals surface area contributed by atoms with Crippen molar-refractivity contribution in [3.63, 3.8) is 0 Å². The van der Waals surface area contributed by atoms with Crippen LogP contribution < -0.4 is 15.4 Å². The molecule has 1 aromatic rings. The normalized spacial score (nSPS) is 17.4. The van der Waals surface area contributed by atoms with Crippen LogP contribution in [0.4, 0.5) is 10.1 Å². The van der Waals surface area contributed by atoms with Gasteiger partial charge >= 0.3 is 0 Å². The zero-order valence-electron chi connectivity index (χ0n) is 11.4. The number of rotatable bonds is 5. The van der Waals surface area contributed by atoms with Gasteiger partial charge in [-0.25, -0.2) is 4.39 Å². The van der Waals surface area contributed by atoms with Crippen molar-refractivity contribution in [1.82, 2.24) is 5.32 Å². The average Bonchev–Trinajstić information content (AvgIpc) is 2.92. The van der Waals surface area contributed by atoms with Crippen molar-refractivity contribution < 1.29 is 13.9 Å². The summed E-state index contributed by atoms with van der Waals surface area (Å²) >= 11 is 0. The predicted octanol–water partition coefficient (Wildman–Crippen LogP) is 2.58. The fourth-order valence-corrected chi connectivity index (χ4v) is 2.24. The van der Waals surface area contributed by atoms with Crippen molar-refractivity contribution in [2.75, 3.05) is 25.5 Å². The summed E-state index contributed by atoms with van der Waals surface area (Å²) in [5, 5.41) is 5.86. The van der Waals surface area contributed by atoms with Crippen LogP contribution in [0.2, 0.25) is 0 Å². The molecular weight excluding hydrogens is 283 g/mol. The quantitative estimate of drug-likeness (QED) is 0.879. The molecule has 6 heteroatoms. The fourth-order valence-electron chi connectivity index (χ4n) is 2.24. The summed E-state index contributed by atoms with van der Waals surface area (Å²) < 4.78 is 18.5. The zero-order chi connectivity index (χ0) is 13.7. The van der Waals surface area contributed by atoms with E-state index >= 15 is 0 Å². The van der Waals surface area contributed by atoms with Gasteiger partial charge in [-0.05, 0) is 44.0 Å². The molecule has 1 unspecified atom stereocenters. The van der Waals surface area contributed by atoms with Gasteiger partial charge in [0.2, 0.25) is 5.91 Å². The predicted molar refractivity (Wildman–Crippen MR) is 79.0 cm³/mol. The molecule has 0 aliphatic carbocycles. The molecule has 0 spiro atoms. The van der Waals surface area contributed by atoms with E-state index in [1.807, 2.05) is 0 Å². The van der Waals surface area contributed by atoms with Crippen LogP contribution in [0.5, 0.6) is 5.75 Å². The Morgan fingerprint density at radius 3 is 3.00 bits per heavy atom. The molecule has 112 valence electrons. The number of nitrogens with one attached hydrogen (secondary N) is 2. The van der Waals surface area contributed by atoms with Crippen LogP contribution >= 0.6 is 12.4 Å². The Balaban J connectivity index is 0.00000200. The smallest absolute Gasteiger partial charge is 0.224 e. The highest BCUT2D eigenvalue weighted by molar-refractivity contribution is 5.91. The van der Waals surface area contributed by atoms with E-state index in [0.29, 0.717) is 18.1 Å². The maximum Gasteiger partial charge on any atom is 0.224 e. The highest BCUT2D eigenvalue weighted by Gasteiger charge is 2.16. The van der Waals surface area contributed by atoms with Crippen molar-refractivity contribution in [3.8, 4) is 5.75 Å². The number of anilines is 1. The molecule has 1 fully saturated rings. The highest BCUT2D eigenvalue weighted by atomic mass is 35.5. The summed E-state index contributed by atoms with van der Waals surface area (Å²) in [5.74, 6) is 0.480. The number of hydrogen-bond donors (Lipinski definition) is 2. The van der Waals surface area contributed by atoms with Gasteiger partial charge in [0, 0.05) is 12.5 Å². The fraction of sp³-hybridized carbons (Fsp3) is 0.500. The largest absolute Gasteiger partial charge is 0.497 e. The number of hydrogen-bond acceptors (Lipinski definition) is 3. The molecule has 2 rings (SSSR count). The second kappa shape index (κ2) is 8.07. The van der Waals surface area contributed by atoms with E-state index in [-0.39, 0.29) is 24.0 Å². The Kier molecular flexibility index (Phi) is 6.75. The molecule has 1 aliphatic rings. The summed E-state index contributed by atoms with van der Waals surface area (Å²) in [6.07, 6.45) is 2.37. The van der Waals surface area contributed by atoms with E-state index in [1.165, 1.54) is 25.3 Å². The Morgan fingerprint density at radius 2 is 2.35 bits per heavy atom. The lowest BCUT2D eigenvalue weighted by molar-refractivity contribution is -0.116. The van der Waals surface area contributed by atoms with Crippen molar-refractivity contribution in [2.45, 2.75) is 19.3 Å². The summed E-state index contributed by atoms with van der Waals surface area (Å²) in [5.41, 5.74) is 0.175. The molecule has 20 heavy (non-hydrogen) atoms. The van der Waals surface area contributed by atoms with E-state index in [4.69, 9.17) is 4.74 Å². The molecule has 1 aromatic carbocycles. The van der Waals surface area contributed by atoms with Gasteiger partial charge in [0.05, 0.1) is 12.8 Å². The van der Waals surface area contributed by atoms with Crippen LogP contribution in [0.15, 0.2) is 18.2 Å². The molecule has 1 atom stereocenters. The third kappa shape index (κ3) is 4.65. The second-order valence-corrected chi connectivity index (χ2v) is 4.79. The van der Waals surface area contributed by atoms with Crippen molar-refractivity contribution >= 4 is 24.0 Å². The van der Waals surface area contributed by atoms with Gasteiger partial charge in [-0.1, -0.05) is 0 Å². The van der Waals surface area contributed by atoms with Crippen LogP contribution in [-0.4, -0.2) is 26.1 Å². The van der Waals surface area contributed by atoms with Crippen LogP contribution in [-0.2, 0) is 4.79 Å². The summed E-state index contributed by atoms with van der Waals surface area (Å²) in [4.78, 5) is 11.8. The first-order chi connectivity index (χ1) is 9.19. The highest BCUT2D eigenvalue weighted by Crippen LogP contribution is 2.22. The molecule has 0 radical (unpaired) electrons. The lowest BCUT2D eigenvalue weighted by atomic mass is 10.0. The number of methoxy groups -OCH3 is 1. The van der Waals surface area contributed by atoms with Crippen molar-refractivity contribution in [3.05, 3.63) is 24.0 Å². The van der Waals surface area contributed by atoms with Gasteiger partial charge < -0.3 is 15.4 Å². The number of carbonyl (C=O) groups is 1. The lowest BCUT2D eigenvalue weighted by Gasteiger charge is -2.10. The minimum absolute atomic E-state index is 0. The summed E-state index contributed by atoms with van der Waals surface area (Å²) in [6, 6.07) is 4.30. The van der Waals surface area contributed by atoms with Gasteiger partial charge in [-0.3, -0.25) is 4.79 Å². The number of benzene rings is 1. The van der Waals surface area contributed by atoms with Gasteiger partial charge in [0.1, 0.15) is 11.6 Å². The zero-order valence-corrected chi connectivity index (χ0v) is 12.3. The first kappa shape index (κ1) is 16.7. The molecule has 1 amide bonds. The molecule has 0 bridgehead atoms. The van der Waals surface area contributed by atoms with E-state index in [2.05, 4.69) is 10.6 Å². The Morgan fingerprint density at radius 1 is 1.55 bits per heavy atom. The molecule has 1 aliphatic heterocycles. The Hall–Kier alpha value is -1.33. The van der Waals surface area contributed by atoms with E-state index in [1.54, 1.807) is 0 Å². The number of ether oxygens (including phenoxy) is 1. The van der Waals surface area contributed by atoms with E-state index < -0.39 is 5.82 Å². The molecule has 1 saturated heterocycles. The van der Waals surface area contributed by atoms with E-state index in [9.17, 15) is 9.18 Å². The molecule has 1 heterocycles. The topological polar surface area (TPSA) is 50.4 Å². The average molecular weight is 303 g/mol. The van der Waals surface area contributed by atoms with Crippen molar-refractivity contribution in [2.24, 2.45) is 5.92 Å². The van der Waals surface area contributed by atoms with Crippen LogP contribution in [0.3, 0.4) is 0 Å². The van der Waals surface area contributed by atoms with Gasteiger partial charge in [0.25, 0.3) is 0 Å². The van der Waals surface area contributed by atoms with Crippen LogP contribution in [0, 0.1) is 11.7 Å². The monoisotopic (exact) mass is 302 g/mol. The maximum absolute atomic E-state index is 13.5. The summed E-state index contributed by atoms with van der Waals surface area (Å²) in [6.45, 7) is 2.00. The molecule has 2 N–H and O–H groups in total. The van der Waals surface area contributed by atoms with Crippen LogP contribution in [0.1, 0.15) is 19.3 Å². The molecular formula is C14H20ClFN2O2. The van der Waals surface area contributed by atoms with Crippen molar-refractivity contribution in [1.29, 1.82) is 0 Å². The number of halogens is 2.